The van der Waals surface area contributed by atoms with E-state index in [9.17, 15) is 4.79 Å². The third-order valence-electron chi connectivity index (χ3n) is 5.00. The fraction of sp³-hybridized carbons (Fsp3) is 0.0769. The fourth-order valence-corrected chi connectivity index (χ4v) is 3.27. The van der Waals surface area contributed by atoms with Gasteiger partial charge < -0.3 is 16.4 Å². The van der Waals surface area contributed by atoms with Gasteiger partial charge in [-0.1, -0.05) is 54.6 Å². The molecule has 4 aromatic rings. The van der Waals surface area contributed by atoms with Gasteiger partial charge in [0, 0.05) is 24.8 Å². The Morgan fingerprint density at radius 2 is 1.45 bits per heavy atom. The monoisotopic (exact) mass is 408 g/mol. The van der Waals surface area contributed by atoms with Gasteiger partial charge in [-0.3, -0.25) is 9.78 Å². The van der Waals surface area contributed by atoms with Crippen molar-refractivity contribution in [2.45, 2.75) is 13.1 Å². The van der Waals surface area contributed by atoms with Crippen LogP contribution >= 0.6 is 0 Å². The molecule has 5 heteroatoms. The Kier molecular flexibility index (Phi) is 6.35. The number of para-hydroxylation sites is 2. The van der Waals surface area contributed by atoms with Crippen LogP contribution in [0.1, 0.15) is 21.6 Å². The number of nitrogens with two attached hydrogens (primary N) is 1. The van der Waals surface area contributed by atoms with Crippen LogP contribution < -0.4 is 16.4 Å². The minimum absolute atomic E-state index is 0.182. The lowest BCUT2D eigenvalue weighted by Gasteiger charge is -2.09. The number of pyridine rings is 1. The number of aromatic nitrogens is 1. The second kappa shape index (κ2) is 9.69. The highest BCUT2D eigenvalue weighted by molar-refractivity contribution is 6.05. The van der Waals surface area contributed by atoms with Gasteiger partial charge in [0.05, 0.1) is 17.1 Å². The van der Waals surface area contributed by atoms with Crippen molar-refractivity contribution in [2.24, 2.45) is 0 Å². The third kappa shape index (κ3) is 5.35. The number of carbonyl (C=O) groups excluding carboxylic acids is 1. The molecule has 31 heavy (non-hydrogen) atoms. The summed E-state index contributed by atoms with van der Waals surface area (Å²) in [7, 11) is 0. The van der Waals surface area contributed by atoms with E-state index in [1.807, 2.05) is 54.6 Å². The number of nitrogen functional groups attached to an aromatic ring is 1. The van der Waals surface area contributed by atoms with Crippen LogP contribution in [0.3, 0.4) is 0 Å². The van der Waals surface area contributed by atoms with Crippen molar-refractivity contribution < 1.29 is 4.79 Å². The molecule has 3 aromatic carbocycles. The zero-order valence-electron chi connectivity index (χ0n) is 17.1. The molecular weight excluding hydrogens is 384 g/mol. The van der Waals surface area contributed by atoms with Crippen LogP contribution in [0.2, 0.25) is 0 Å². The molecule has 154 valence electrons. The first kappa shape index (κ1) is 20.3. The van der Waals surface area contributed by atoms with Gasteiger partial charge >= 0.3 is 0 Å². The normalized spacial score (nSPS) is 10.6. The molecule has 0 bridgehead atoms. The Bertz CT molecular complexity index is 1140. The Morgan fingerprint density at radius 1 is 0.774 bits per heavy atom. The summed E-state index contributed by atoms with van der Waals surface area (Å²) in [6, 6.07) is 29.1. The van der Waals surface area contributed by atoms with Crippen LogP contribution in [0.25, 0.3) is 11.1 Å². The average Bonchev–Trinajstić information content (AvgIpc) is 2.82. The van der Waals surface area contributed by atoms with Crippen molar-refractivity contribution in [2.75, 3.05) is 11.1 Å². The number of amides is 1. The van der Waals surface area contributed by atoms with Crippen LogP contribution in [0.15, 0.2) is 97.2 Å². The summed E-state index contributed by atoms with van der Waals surface area (Å²) in [4.78, 5) is 16.8. The van der Waals surface area contributed by atoms with Crippen LogP contribution in [0, 0.1) is 0 Å². The largest absolute Gasteiger partial charge is 0.397 e. The van der Waals surface area contributed by atoms with Crippen molar-refractivity contribution in [1.29, 1.82) is 0 Å². The summed E-state index contributed by atoms with van der Waals surface area (Å²) in [6.45, 7) is 1.51. The molecule has 1 heterocycles. The average molecular weight is 409 g/mol. The summed E-state index contributed by atoms with van der Waals surface area (Å²) in [6.07, 6.45) is 1.80. The maximum Gasteiger partial charge on any atom is 0.255 e. The quantitative estimate of drug-likeness (QED) is 0.381. The van der Waals surface area contributed by atoms with Crippen LogP contribution in [-0.4, -0.2) is 10.9 Å². The van der Waals surface area contributed by atoms with E-state index < -0.39 is 0 Å². The van der Waals surface area contributed by atoms with E-state index in [0.29, 0.717) is 16.9 Å². The molecule has 0 fully saturated rings. The molecule has 0 saturated carbocycles. The van der Waals surface area contributed by atoms with Gasteiger partial charge in [-0.05, 0) is 53.1 Å². The smallest absolute Gasteiger partial charge is 0.255 e. The summed E-state index contributed by atoms with van der Waals surface area (Å²) >= 11 is 0. The molecule has 0 saturated heterocycles. The van der Waals surface area contributed by atoms with E-state index >= 15 is 0 Å². The number of nitrogens with one attached hydrogen (secondary N) is 2. The van der Waals surface area contributed by atoms with Gasteiger partial charge in [-0.25, -0.2) is 0 Å². The second-order valence-electron chi connectivity index (χ2n) is 7.24. The number of nitrogens with zero attached hydrogens (tertiary/aromatic N) is 1. The third-order valence-corrected chi connectivity index (χ3v) is 5.00. The van der Waals surface area contributed by atoms with Crippen LogP contribution in [-0.2, 0) is 13.1 Å². The number of carbonyl (C=O) groups is 1. The topological polar surface area (TPSA) is 80.0 Å². The van der Waals surface area contributed by atoms with Crippen molar-refractivity contribution in [3.8, 4) is 11.1 Å². The van der Waals surface area contributed by atoms with E-state index in [1.54, 1.807) is 18.3 Å². The second-order valence-corrected chi connectivity index (χ2v) is 7.24. The molecule has 0 unspecified atom stereocenters. The highest BCUT2D eigenvalue weighted by Crippen LogP contribution is 2.22. The summed E-state index contributed by atoms with van der Waals surface area (Å²) in [5.41, 5.74) is 12.0. The van der Waals surface area contributed by atoms with Crippen molar-refractivity contribution >= 4 is 17.3 Å². The lowest BCUT2D eigenvalue weighted by atomic mass is 10.0. The van der Waals surface area contributed by atoms with Gasteiger partial charge in [0.25, 0.3) is 5.91 Å². The van der Waals surface area contributed by atoms with Gasteiger partial charge in [0.2, 0.25) is 0 Å². The lowest BCUT2D eigenvalue weighted by molar-refractivity contribution is 0.102. The molecule has 1 aromatic heterocycles. The van der Waals surface area contributed by atoms with Crippen molar-refractivity contribution in [1.82, 2.24) is 10.3 Å². The van der Waals surface area contributed by atoms with E-state index in [2.05, 4.69) is 39.9 Å². The highest BCUT2D eigenvalue weighted by Gasteiger charge is 2.08. The number of rotatable bonds is 7. The summed E-state index contributed by atoms with van der Waals surface area (Å²) in [5.74, 6) is -0.182. The molecule has 5 nitrogen and oxygen atoms in total. The minimum atomic E-state index is -0.182. The van der Waals surface area contributed by atoms with Gasteiger partial charge in [-0.15, -0.1) is 0 Å². The van der Waals surface area contributed by atoms with Crippen LogP contribution in [0.5, 0.6) is 0 Å². The zero-order valence-corrected chi connectivity index (χ0v) is 17.1. The molecule has 0 aliphatic rings. The first-order chi connectivity index (χ1) is 15.2. The maximum absolute atomic E-state index is 12.5. The molecule has 0 aliphatic carbocycles. The molecule has 1 amide bonds. The summed E-state index contributed by atoms with van der Waals surface area (Å²) in [5, 5.41) is 6.25. The number of hydrogen-bond acceptors (Lipinski definition) is 4. The van der Waals surface area contributed by atoms with Crippen LogP contribution in [0.4, 0.5) is 11.4 Å². The standard InChI is InChI=1S/C26H24N4O/c27-24-6-1-2-7-25(24)30-26(31)22-14-12-21(13-15-22)20-10-8-19(9-11-20)17-28-18-23-5-3-4-16-29-23/h1-16,28H,17-18,27H2,(H,30,31). The SMILES string of the molecule is Nc1ccccc1NC(=O)c1ccc(-c2ccc(CNCc3ccccn3)cc2)cc1. The zero-order chi connectivity index (χ0) is 21.5. The Labute approximate surface area is 182 Å². The number of hydrogen-bond donors (Lipinski definition) is 3. The lowest BCUT2D eigenvalue weighted by Crippen LogP contribution is -2.13. The van der Waals surface area contributed by atoms with Crippen molar-refractivity contribution in [3.05, 3.63) is 114 Å². The first-order valence-electron chi connectivity index (χ1n) is 10.1. The van der Waals surface area contributed by atoms with E-state index in [4.69, 9.17) is 5.73 Å². The Hall–Kier alpha value is -3.96. The predicted octanol–water partition coefficient (Wildman–Crippen LogP) is 4.87. The molecule has 4 N–H and O–H groups in total. The molecule has 0 aliphatic heterocycles. The molecule has 0 radical (unpaired) electrons. The van der Waals surface area contributed by atoms with E-state index in [1.165, 1.54) is 5.56 Å². The molecule has 0 spiro atoms. The number of anilines is 2. The Balaban J connectivity index is 1.35. The fourth-order valence-electron chi connectivity index (χ4n) is 3.27. The minimum Gasteiger partial charge on any atom is -0.397 e. The van der Waals surface area contributed by atoms with E-state index in [0.717, 1.165) is 29.9 Å². The van der Waals surface area contributed by atoms with E-state index in [-0.39, 0.29) is 5.91 Å². The summed E-state index contributed by atoms with van der Waals surface area (Å²) < 4.78 is 0. The first-order valence-corrected chi connectivity index (χ1v) is 10.1. The van der Waals surface area contributed by atoms with Gasteiger partial charge in [-0.2, -0.15) is 0 Å². The maximum atomic E-state index is 12.5. The predicted molar refractivity (Wildman–Crippen MR) is 125 cm³/mol. The van der Waals surface area contributed by atoms with Crippen molar-refractivity contribution in [3.63, 3.8) is 0 Å². The van der Waals surface area contributed by atoms with Gasteiger partial charge in [0.1, 0.15) is 0 Å². The number of benzene rings is 3. The molecule has 0 atom stereocenters. The molecular formula is C26H24N4O. The Morgan fingerprint density at radius 3 is 2.13 bits per heavy atom. The highest BCUT2D eigenvalue weighted by atomic mass is 16.1. The van der Waals surface area contributed by atoms with Gasteiger partial charge in [0.15, 0.2) is 0 Å². The molecule has 4 rings (SSSR count).